The molecule has 2 heterocycles. The summed E-state index contributed by atoms with van der Waals surface area (Å²) in [5.74, 6) is -1.20. The number of hydrogen-bond acceptors (Lipinski definition) is 7. The monoisotopic (exact) mass is 419 g/mol. The Bertz CT molecular complexity index is 957. The van der Waals surface area contributed by atoms with Crippen molar-refractivity contribution in [3.8, 4) is 0 Å². The van der Waals surface area contributed by atoms with Gasteiger partial charge in [-0.3, -0.25) is 9.78 Å². The van der Waals surface area contributed by atoms with Crippen LogP contribution in [0.3, 0.4) is 0 Å². The molecule has 1 amide bonds. The summed E-state index contributed by atoms with van der Waals surface area (Å²) >= 11 is 0. The predicted octanol–water partition coefficient (Wildman–Crippen LogP) is 1.29. The van der Waals surface area contributed by atoms with Gasteiger partial charge in [-0.2, -0.15) is 4.31 Å². The number of benzene rings is 1. The lowest BCUT2D eigenvalue weighted by molar-refractivity contribution is -0.123. The Labute approximate surface area is 168 Å². The molecule has 29 heavy (non-hydrogen) atoms. The van der Waals surface area contributed by atoms with Crippen molar-refractivity contribution in [2.24, 2.45) is 0 Å². The van der Waals surface area contributed by atoms with Crippen LogP contribution in [0.25, 0.3) is 0 Å². The van der Waals surface area contributed by atoms with Crippen molar-refractivity contribution in [2.45, 2.75) is 17.9 Å². The molecular weight excluding hydrogens is 398 g/mol. The number of carbonyl (C=O) groups is 2. The molecule has 1 aromatic carbocycles. The number of ether oxygens (including phenoxy) is 2. The van der Waals surface area contributed by atoms with Gasteiger partial charge in [0.2, 0.25) is 10.0 Å². The van der Waals surface area contributed by atoms with E-state index < -0.39 is 28.0 Å². The molecule has 10 heteroatoms. The van der Waals surface area contributed by atoms with Crippen molar-refractivity contribution in [1.29, 1.82) is 0 Å². The number of nitrogens with one attached hydrogen (secondary N) is 1. The molecule has 0 radical (unpaired) electrons. The highest BCUT2D eigenvalue weighted by Crippen LogP contribution is 2.19. The fourth-order valence-corrected chi connectivity index (χ4v) is 4.06. The van der Waals surface area contributed by atoms with E-state index in [2.05, 4.69) is 10.3 Å². The van der Waals surface area contributed by atoms with Crippen molar-refractivity contribution in [3.63, 3.8) is 0 Å². The van der Waals surface area contributed by atoms with Crippen LogP contribution in [0.2, 0.25) is 0 Å². The first-order valence-electron chi connectivity index (χ1n) is 8.98. The molecule has 1 fully saturated rings. The van der Waals surface area contributed by atoms with E-state index in [0.29, 0.717) is 32.0 Å². The number of anilines is 1. The van der Waals surface area contributed by atoms with Crippen LogP contribution in [0.1, 0.15) is 17.3 Å². The Morgan fingerprint density at radius 3 is 2.48 bits per heavy atom. The van der Waals surface area contributed by atoms with E-state index >= 15 is 0 Å². The topological polar surface area (TPSA) is 115 Å². The third-order valence-corrected chi connectivity index (χ3v) is 6.19. The van der Waals surface area contributed by atoms with Crippen molar-refractivity contribution < 1.29 is 27.5 Å². The molecule has 1 N–H and O–H groups in total. The standard InChI is InChI=1S/C19H21N3O6S/c1-14(28-19(24)15-3-2-8-20-13-15)18(23)21-16-4-6-17(7-5-16)29(25,26)22-9-11-27-12-10-22/h2-8,13-14H,9-12H2,1H3,(H,21,23)/t14-/m1/s1. The van der Waals surface area contributed by atoms with Gasteiger partial charge in [0.25, 0.3) is 5.91 Å². The number of aromatic nitrogens is 1. The maximum absolute atomic E-state index is 12.6. The minimum atomic E-state index is -3.60. The third-order valence-electron chi connectivity index (χ3n) is 4.28. The number of nitrogens with zero attached hydrogens (tertiary/aromatic N) is 2. The highest BCUT2D eigenvalue weighted by atomic mass is 32.2. The summed E-state index contributed by atoms with van der Waals surface area (Å²) in [6.07, 6.45) is 1.83. The van der Waals surface area contributed by atoms with Crippen molar-refractivity contribution >= 4 is 27.6 Å². The van der Waals surface area contributed by atoms with E-state index in [1.54, 1.807) is 6.07 Å². The minimum absolute atomic E-state index is 0.133. The Morgan fingerprint density at radius 2 is 1.86 bits per heavy atom. The number of carbonyl (C=O) groups excluding carboxylic acids is 2. The summed E-state index contributed by atoms with van der Waals surface area (Å²) in [7, 11) is -3.60. The first-order valence-corrected chi connectivity index (χ1v) is 10.4. The Morgan fingerprint density at radius 1 is 1.17 bits per heavy atom. The second kappa shape index (κ2) is 9.12. The lowest BCUT2D eigenvalue weighted by Crippen LogP contribution is -2.40. The average molecular weight is 419 g/mol. The largest absolute Gasteiger partial charge is 0.449 e. The van der Waals surface area contributed by atoms with E-state index in [-0.39, 0.29) is 10.5 Å². The molecule has 0 aliphatic carbocycles. The first kappa shape index (κ1) is 20.9. The lowest BCUT2D eigenvalue weighted by Gasteiger charge is -2.26. The second-order valence-electron chi connectivity index (χ2n) is 6.32. The number of hydrogen-bond donors (Lipinski definition) is 1. The molecule has 1 aliphatic heterocycles. The van der Waals surface area contributed by atoms with Crippen LogP contribution in [0.15, 0.2) is 53.7 Å². The molecule has 3 rings (SSSR count). The zero-order valence-electron chi connectivity index (χ0n) is 15.8. The number of morpholine rings is 1. The predicted molar refractivity (Wildman–Crippen MR) is 104 cm³/mol. The molecule has 0 spiro atoms. The van der Waals surface area contributed by atoms with Crippen LogP contribution in [-0.2, 0) is 24.3 Å². The molecule has 1 atom stereocenters. The zero-order valence-corrected chi connectivity index (χ0v) is 16.6. The van der Waals surface area contributed by atoms with Gasteiger partial charge in [-0.15, -0.1) is 0 Å². The number of esters is 1. The molecule has 2 aromatic rings. The van der Waals surface area contributed by atoms with Crippen molar-refractivity contribution in [2.75, 3.05) is 31.6 Å². The molecule has 0 unspecified atom stereocenters. The number of sulfonamides is 1. The van der Waals surface area contributed by atoms with Crippen molar-refractivity contribution in [3.05, 3.63) is 54.4 Å². The molecule has 0 saturated carbocycles. The van der Waals surface area contributed by atoms with Gasteiger partial charge in [0.15, 0.2) is 6.10 Å². The molecule has 0 bridgehead atoms. The average Bonchev–Trinajstić information content (AvgIpc) is 2.75. The first-order chi connectivity index (χ1) is 13.9. The third kappa shape index (κ3) is 5.17. The minimum Gasteiger partial charge on any atom is -0.449 e. The van der Waals surface area contributed by atoms with Crippen LogP contribution < -0.4 is 5.32 Å². The Hall–Kier alpha value is -2.82. The van der Waals surface area contributed by atoms with Gasteiger partial charge in [0.05, 0.1) is 23.7 Å². The van der Waals surface area contributed by atoms with Crippen molar-refractivity contribution in [1.82, 2.24) is 9.29 Å². The summed E-state index contributed by atoms with van der Waals surface area (Å²) in [5.41, 5.74) is 0.630. The van der Waals surface area contributed by atoms with E-state index in [4.69, 9.17) is 9.47 Å². The van der Waals surface area contributed by atoms with Crippen LogP contribution in [0, 0.1) is 0 Å². The van der Waals surface area contributed by atoms with Gasteiger partial charge in [0, 0.05) is 31.2 Å². The normalized spacial score (nSPS) is 16.0. The van der Waals surface area contributed by atoms with Crippen LogP contribution in [0.5, 0.6) is 0 Å². The summed E-state index contributed by atoms with van der Waals surface area (Å²) in [6.45, 7) is 2.79. The fourth-order valence-electron chi connectivity index (χ4n) is 2.66. The number of amides is 1. The maximum Gasteiger partial charge on any atom is 0.340 e. The van der Waals surface area contributed by atoms with Crippen LogP contribution in [0.4, 0.5) is 5.69 Å². The summed E-state index contributed by atoms with van der Waals surface area (Å²) in [6, 6.07) is 8.95. The van der Waals surface area contributed by atoms with E-state index in [0.717, 1.165) is 0 Å². The molecule has 9 nitrogen and oxygen atoms in total. The van der Waals surface area contributed by atoms with Gasteiger partial charge in [-0.05, 0) is 43.3 Å². The Kier molecular flexibility index (Phi) is 6.57. The molecule has 1 aliphatic rings. The number of rotatable bonds is 6. The van der Waals surface area contributed by atoms with Crippen LogP contribution in [-0.4, -0.2) is 62.0 Å². The molecule has 154 valence electrons. The summed E-state index contributed by atoms with van der Waals surface area (Å²) < 4.78 is 36.9. The quantitative estimate of drug-likeness (QED) is 0.702. The summed E-state index contributed by atoms with van der Waals surface area (Å²) in [5, 5.41) is 2.60. The van der Waals surface area contributed by atoms with Gasteiger partial charge in [0.1, 0.15) is 0 Å². The van der Waals surface area contributed by atoms with E-state index in [1.807, 2.05) is 0 Å². The zero-order chi connectivity index (χ0) is 20.9. The van der Waals surface area contributed by atoms with Gasteiger partial charge >= 0.3 is 5.97 Å². The fraction of sp³-hybridized carbons (Fsp3) is 0.316. The highest BCUT2D eigenvalue weighted by molar-refractivity contribution is 7.89. The highest BCUT2D eigenvalue weighted by Gasteiger charge is 2.26. The van der Waals surface area contributed by atoms with E-state index in [9.17, 15) is 18.0 Å². The summed E-state index contributed by atoms with van der Waals surface area (Å²) in [4.78, 5) is 28.2. The number of pyridine rings is 1. The molecule has 1 aromatic heterocycles. The van der Waals surface area contributed by atoms with E-state index in [1.165, 1.54) is 54.0 Å². The Balaban J connectivity index is 1.60. The van der Waals surface area contributed by atoms with Crippen LogP contribution >= 0.6 is 0 Å². The van der Waals surface area contributed by atoms with Gasteiger partial charge in [-0.25, -0.2) is 13.2 Å². The molecule has 1 saturated heterocycles. The molecular formula is C19H21N3O6S. The maximum atomic E-state index is 12.6. The smallest absolute Gasteiger partial charge is 0.340 e. The second-order valence-corrected chi connectivity index (χ2v) is 8.26. The van der Waals surface area contributed by atoms with Gasteiger partial charge in [-0.1, -0.05) is 0 Å². The SMILES string of the molecule is C[C@@H](OC(=O)c1cccnc1)C(=O)Nc1ccc(S(=O)(=O)N2CCOCC2)cc1. The lowest BCUT2D eigenvalue weighted by atomic mass is 10.2. The van der Waals surface area contributed by atoms with Gasteiger partial charge < -0.3 is 14.8 Å².